The Balaban J connectivity index is 1.64. The fourth-order valence-corrected chi connectivity index (χ4v) is 2.48. The summed E-state index contributed by atoms with van der Waals surface area (Å²) >= 11 is 5.31. The molecule has 0 unspecified atom stereocenters. The van der Waals surface area contributed by atoms with Crippen LogP contribution in [0.15, 0.2) is 60.7 Å². The molecule has 0 saturated heterocycles. The average molecular weight is 311 g/mol. The number of rotatable bonds is 6. The zero-order valence-electron chi connectivity index (χ0n) is 12.1. The van der Waals surface area contributed by atoms with Gasteiger partial charge in [0.15, 0.2) is 10.6 Å². The van der Waals surface area contributed by atoms with Gasteiger partial charge in [-0.25, -0.2) is 0 Å². The smallest absolute Gasteiger partial charge is 0.195 e. The van der Waals surface area contributed by atoms with Crippen molar-refractivity contribution in [3.05, 3.63) is 71.0 Å². The fraction of sp³-hybridized carbons (Fsp3) is 0.176. The highest BCUT2D eigenvalue weighted by Crippen LogP contribution is 2.16. The molecule has 0 spiro atoms. The van der Waals surface area contributed by atoms with Crippen LogP contribution in [0.1, 0.15) is 5.56 Å². The van der Waals surface area contributed by atoms with Gasteiger partial charge in [-0.05, 0) is 17.8 Å². The Morgan fingerprint density at radius 1 is 1.00 bits per heavy atom. The molecule has 3 rings (SSSR count). The van der Waals surface area contributed by atoms with Crippen LogP contribution < -0.4 is 0 Å². The van der Waals surface area contributed by atoms with E-state index in [1.165, 1.54) is 5.56 Å². The molecule has 1 heterocycles. The molecule has 0 atom stereocenters. The first kappa shape index (κ1) is 14.7. The van der Waals surface area contributed by atoms with Gasteiger partial charge in [0.2, 0.25) is 0 Å². The number of nitrogens with one attached hydrogen (secondary N) is 1. The number of nitrogens with zero attached hydrogens (tertiary/aromatic N) is 2. The molecule has 22 heavy (non-hydrogen) atoms. The van der Waals surface area contributed by atoms with Crippen molar-refractivity contribution < 1.29 is 4.74 Å². The SMILES string of the molecule is S=c1[nH]nc(-c2ccccc2)n1CCOCc1ccccc1. The van der Waals surface area contributed by atoms with Crippen molar-refractivity contribution in [1.82, 2.24) is 14.8 Å². The van der Waals surface area contributed by atoms with Gasteiger partial charge in [-0.1, -0.05) is 60.7 Å². The minimum atomic E-state index is 0.586. The van der Waals surface area contributed by atoms with Crippen molar-refractivity contribution >= 4 is 12.2 Å². The van der Waals surface area contributed by atoms with Crippen LogP contribution in [0.5, 0.6) is 0 Å². The highest BCUT2D eigenvalue weighted by atomic mass is 32.1. The van der Waals surface area contributed by atoms with E-state index in [0.29, 0.717) is 24.5 Å². The third-order valence-electron chi connectivity index (χ3n) is 3.36. The minimum absolute atomic E-state index is 0.586. The summed E-state index contributed by atoms with van der Waals surface area (Å²) in [6.45, 7) is 1.86. The molecule has 1 aromatic heterocycles. The van der Waals surface area contributed by atoms with Crippen molar-refractivity contribution in [2.24, 2.45) is 0 Å². The molecule has 2 aromatic carbocycles. The molecular formula is C17H17N3OS. The lowest BCUT2D eigenvalue weighted by molar-refractivity contribution is 0.113. The number of ether oxygens (including phenoxy) is 1. The maximum atomic E-state index is 5.73. The molecule has 0 aliphatic heterocycles. The Morgan fingerprint density at radius 3 is 2.41 bits per heavy atom. The number of benzene rings is 2. The molecule has 3 aromatic rings. The lowest BCUT2D eigenvalue weighted by atomic mass is 10.2. The van der Waals surface area contributed by atoms with E-state index >= 15 is 0 Å². The van der Waals surface area contributed by atoms with Crippen LogP contribution in [0.4, 0.5) is 0 Å². The molecule has 1 N–H and O–H groups in total. The number of H-pyrrole nitrogens is 1. The monoisotopic (exact) mass is 311 g/mol. The Morgan fingerprint density at radius 2 is 1.68 bits per heavy atom. The largest absolute Gasteiger partial charge is 0.375 e. The van der Waals surface area contributed by atoms with Crippen molar-refractivity contribution in [3.63, 3.8) is 0 Å². The summed E-state index contributed by atoms with van der Waals surface area (Å²) < 4.78 is 8.31. The molecule has 0 amide bonds. The standard InChI is InChI=1S/C17H17N3OS/c22-17-19-18-16(15-9-5-2-6-10-15)20(17)11-12-21-13-14-7-3-1-4-8-14/h1-10H,11-13H2,(H,19,22). The summed E-state index contributed by atoms with van der Waals surface area (Å²) in [5, 5.41) is 7.17. The molecule has 0 fully saturated rings. The van der Waals surface area contributed by atoms with E-state index in [0.717, 1.165) is 11.4 Å². The lowest BCUT2D eigenvalue weighted by Crippen LogP contribution is -2.08. The van der Waals surface area contributed by atoms with Crippen LogP contribution in [0.3, 0.4) is 0 Å². The van der Waals surface area contributed by atoms with Crippen LogP contribution in [0, 0.1) is 4.77 Å². The maximum Gasteiger partial charge on any atom is 0.195 e. The minimum Gasteiger partial charge on any atom is -0.375 e. The number of aromatic amines is 1. The van der Waals surface area contributed by atoms with E-state index in [9.17, 15) is 0 Å². The van der Waals surface area contributed by atoms with E-state index in [2.05, 4.69) is 22.3 Å². The third kappa shape index (κ3) is 3.50. The second-order valence-electron chi connectivity index (χ2n) is 4.91. The molecule has 0 aliphatic carbocycles. The summed E-state index contributed by atoms with van der Waals surface area (Å²) in [4.78, 5) is 0. The Hall–Kier alpha value is -2.24. The second kappa shape index (κ2) is 7.15. The van der Waals surface area contributed by atoms with Gasteiger partial charge in [0.25, 0.3) is 0 Å². The van der Waals surface area contributed by atoms with Gasteiger partial charge in [-0.15, -0.1) is 0 Å². The molecule has 0 saturated carbocycles. The molecule has 0 radical (unpaired) electrons. The third-order valence-corrected chi connectivity index (χ3v) is 3.67. The average Bonchev–Trinajstić information content (AvgIpc) is 2.94. The summed E-state index contributed by atoms with van der Waals surface area (Å²) in [6.07, 6.45) is 0. The Bertz CT molecular complexity index is 765. The second-order valence-corrected chi connectivity index (χ2v) is 5.29. The molecule has 4 nitrogen and oxygen atoms in total. The number of aromatic nitrogens is 3. The van der Waals surface area contributed by atoms with E-state index in [1.807, 2.05) is 53.1 Å². The molecule has 112 valence electrons. The van der Waals surface area contributed by atoms with Crippen LogP contribution in [-0.4, -0.2) is 21.4 Å². The molecule has 0 aliphatic rings. The van der Waals surface area contributed by atoms with Crippen LogP contribution in [-0.2, 0) is 17.9 Å². The van der Waals surface area contributed by atoms with Crippen molar-refractivity contribution in [3.8, 4) is 11.4 Å². The normalized spacial score (nSPS) is 10.7. The van der Waals surface area contributed by atoms with E-state index in [4.69, 9.17) is 17.0 Å². The maximum absolute atomic E-state index is 5.73. The van der Waals surface area contributed by atoms with Gasteiger partial charge in [0, 0.05) is 5.56 Å². The van der Waals surface area contributed by atoms with Gasteiger partial charge < -0.3 is 4.74 Å². The van der Waals surface area contributed by atoms with Gasteiger partial charge in [0.05, 0.1) is 19.8 Å². The van der Waals surface area contributed by atoms with E-state index in [1.54, 1.807) is 0 Å². The lowest BCUT2D eigenvalue weighted by Gasteiger charge is -2.08. The van der Waals surface area contributed by atoms with E-state index < -0.39 is 0 Å². The highest BCUT2D eigenvalue weighted by molar-refractivity contribution is 7.71. The zero-order chi connectivity index (χ0) is 15.2. The summed E-state index contributed by atoms with van der Waals surface area (Å²) in [6, 6.07) is 20.1. The van der Waals surface area contributed by atoms with Crippen molar-refractivity contribution in [2.45, 2.75) is 13.2 Å². The highest BCUT2D eigenvalue weighted by Gasteiger charge is 2.07. The first-order valence-electron chi connectivity index (χ1n) is 7.17. The van der Waals surface area contributed by atoms with Crippen molar-refractivity contribution in [1.29, 1.82) is 0 Å². The quantitative estimate of drug-likeness (QED) is 0.556. The van der Waals surface area contributed by atoms with Gasteiger partial charge in [-0.2, -0.15) is 5.10 Å². The van der Waals surface area contributed by atoms with Gasteiger partial charge in [-0.3, -0.25) is 9.67 Å². The van der Waals surface area contributed by atoms with Gasteiger partial charge in [0.1, 0.15) is 0 Å². The van der Waals surface area contributed by atoms with Crippen LogP contribution in [0.2, 0.25) is 0 Å². The van der Waals surface area contributed by atoms with Crippen molar-refractivity contribution in [2.75, 3.05) is 6.61 Å². The van der Waals surface area contributed by atoms with Crippen LogP contribution >= 0.6 is 12.2 Å². The van der Waals surface area contributed by atoms with E-state index in [-0.39, 0.29) is 0 Å². The Kier molecular flexibility index (Phi) is 4.78. The zero-order valence-corrected chi connectivity index (χ0v) is 12.9. The molecule has 0 bridgehead atoms. The predicted molar refractivity (Wildman–Crippen MR) is 88.9 cm³/mol. The summed E-state index contributed by atoms with van der Waals surface area (Å²) in [5.74, 6) is 0.842. The molecule has 5 heteroatoms. The topological polar surface area (TPSA) is 42.8 Å². The fourth-order valence-electron chi connectivity index (χ4n) is 2.25. The molecular weight excluding hydrogens is 294 g/mol. The first-order valence-corrected chi connectivity index (χ1v) is 7.58. The van der Waals surface area contributed by atoms with Crippen LogP contribution in [0.25, 0.3) is 11.4 Å². The van der Waals surface area contributed by atoms with Gasteiger partial charge >= 0.3 is 0 Å². The number of hydrogen-bond acceptors (Lipinski definition) is 3. The summed E-state index contributed by atoms with van der Waals surface area (Å²) in [7, 11) is 0. The Labute approximate surface area is 134 Å². The number of hydrogen-bond donors (Lipinski definition) is 1. The predicted octanol–water partition coefficient (Wildman–Crippen LogP) is 3.82. The summed E-state index contributed by atoms with van der Waals surface area (Å²) in [5.41, 5.74) is 2.21. The first-order chi connectivity index (χ1) is 10.8.